The van der Waals surface area contributed by atoms with Gasteiger partial charge in [-0.25, -0.2) is 8.42 Å². The maximum atomic E-state index is 13.9. The Morgan fingerprint density at radius 3 is 2.00 bits per heavy atom. The molecule has 4 rings (SSSR count). The van der Waals surface area contributed by atoms with Gasteiger partial charge in [-0.1, -0.05) is 86.0 Å². The summed E-state index contributed by atoms with van der Waals surface area (Å²) in [4.78, 5) is 28.7. The molecular formula is C30H35N3O4S. The average molecular weight is 534 g/mol. The van der Waals surface area contributed by atoms with Crippen LogP contribution in [-0.2, 0) is 26.2 Å². The molecule has 1 aliphatic rings. The molecular weight excluding hydrogens is 498 g/mol. The number of nitrogens with zero attached hydrogens (tertiary/aromatic N) is 2. The quantitative estimate of drug-likeness (QED) is 0.408. The summed E-state index contributed by atoms with van der Waals surface area (Å²) in [7, 11) is -4.04. The lowest BCUT2D eigenvalue weighted by molar-refractivity contribution is -0.139. The molecule has 0 aliphatic heterocycles. The summed E-state index contributed by atoms with van der Waals surface area (Å²) in [5, 5.41) is 3.12. The molecule has 1 saturated carbocycles. The minimum atomic E-state index is -4.04. The Morgan fingerprint density at radius 2 is 1.39 bits per heavy atom. The predicted octanol–water partition coefficient (Wildman–Crippen LogP) is 4.75. The second-order valence-electron chi connectivity index (χ2n) is 9.69. The highest BCUT2D eigenvalue weighted by atomic mass is 32.2. The number of carbonyl (C=O) groups excluding carboxylic acids is 2. The van der Waals surface area contributed by atoms with E-state index in [1.807, 2.05) is 30.3 Å². The molecule has 0 saturated heterocycles. The molecule has 3 aromatic carbocycles. The lowest BCUT2D eigenvalue weighted by Gasteiger charge is -2.33. The van der Waals surface area contributed by atoms with Crippen LogP contribution in [0.3, 0.4) is 0 Å². The number of anilines is 1. The fourth-order valence-electron chi connectivity index (χ4n) is 4.77. The van der Waals surface area contributed by atoms with Gasteiger partial charge in [0.25, 0.3) is 10.0 Å². The third-order valence-electron chi connectivity index (χ3n) is 6.97. The number of nitrogens with one attached hydrogen (secondary N) is 1. The molecule has 1 atom stereocenters. The van der Waals surface area contributed by atoms with Crippen molar-refractivity contribution in [2.45, 2.75) is 62.6 Å². The molecule has 0 heterocycles. The van der Waals surface area contributed by atoms with E-state index in [-0.39, 0.29) is 23.4 Å². The maximum absolute atomic E-state index is 13.9. The Morgan fingerprint density at radius 1 is 0.842 bits per heavy atom. The van der Waals surface area contributed by atoms with Gasteiger partial charge >= 0.3 is 0 Å². The van der Waals surface area contributed by atoms with Gasteiger partial charge < -0.3 is 10.2 Å². The molecule has 8 heteroatoms. The molecule has 38 heavy (non-hydrogen) atoms. The number of para-hydroxylation sites is 1. The molecule has 2 amide bonds. The molecule has 0 spiro atoms. The van der Waals surface area contributed by atoms with Crippen molar-refractivity contribution in [3.63, 3.8) is 0 Å². The number of sulfonamides is 1. The minimum Gasteiger partial charge on any atom is -0.352 e. The van der Waals surface area contributed by atoms with Gasteiger partial charge in [-0.05, 0) is 49.6 Å². The maximum Gasteiger partial charge on any atom is 0.264 e. The van der Waals surface area contributed by atoms with Crippen LogP contribution in [0.15, 0.2) is 95.9 Å². The Kier molecular flexibility index (Phi) is 9.18. The fraction of sp³-hybridized carbons (Fsp3) is 0.333. The number of hydrogen-bond donors (Lipinski definition) is 1. The van der Waals surface area contributed by atoms with Crippen LogP contribution in [0.5, 0.6) is 0 Å². The smallest absolute Gasteiger partial charge is 0.264 e. The summed E-state index contributed by atoms with van der Waals surface area (Å²) in [6.07, 6.45) is 5.20. The number of amides is 2. The zero-order valence-corrected chi connectivity index (χ0v) is 22.5. The van der Waals surface area contributed by atoms with Crippen molar-refractivity contribution in [3.8, 4) is 0 Å². The lowest BCUT2D eigenvalue weighted by Crippen LogP contribution is -2.53. The summed E-state index contributed by atoms with van der Waals surface area (Å²) in [6.45, 7) is 1.46. The van der Waals surface area contributed by atoms with E-state index in [1.54, 1.807) is 55.5 Å². The van der Waals surface area contributed by atoms with E-state index in [2.05, 4.69) is 5.32 Å². The number of rotatable bonds is 10. The topological polar surface area (TPSA) is 86.8 Å². The largest absolute Gasteiger partial charge is 0.352 e. The minimum absolute atomic E-state index is 0.0920. The Bertz CT molecular complexity index is 1300. The van der Waals surface area contributed by atoms with E-state index in [0.717, 1.165) is 35.6 Å². The van der Waals surface area contributed by atoms with E-state index >= 15 is 0 Å². The van der Waals surface area contributed by atoms with Crippen LogP contribution >= 0.6 is 0 Å². The van der Waals surface area contributed by atoms with Crippen molar-refractivity contribution in [1.82, 2.24) is 10.2 Å². The number of hydrogen-bond acceptors (Lipinski definition) is 4. The van der Waals surface area contributed by atoms with Gasteiger partial charge in [0, 0.05) is 12.6 Å². The summed E-state index contributed by atoms with van der Waals surface area (Å²) >= 11 is 0. The van der Waals surface area contributed by atoms with Crippen molar-refractivity contribution in [2.24, 2.45) is 0 Å². The third kappa shape index (κ3) is 6.81. The van der Waals surface area contributed by atoms with Crippen LogP contribution in [0, 0.1) is 0 Å². The highest BCUT2D eigenvalue weighted by Crippen LogP contribution is 2.24. The Hall–Kier alpha value is -3.65. The first-order valence-corrected chi connectivity index (χ1v) is 14.6. The van der Waals surface area contributed by atoms with Gasteiger partial charge in [0.15, 0.2) is 0 Å². The van der Waals surface area contributed by atoms with Crippen LogP contribution in [0.1, 0.15) is 44.6 Å². The monoisotopic (exact) mass is 533 g/mol. The SMILES string of the molecule is CC(C(=O)NC1CCCCC1)N(Cc1ccccc1)C(=O)CN(c1ccccc1)S(=O)(=O)c1ccccc1. The van der Waals surface area contributed by atoms with Crippen LogP contribution in [0.2, 0.25) is 0 Å². The molecule has 200 valence electrons. The molecule has 1 aliphatic carbocycles. The molecule has 1 unspecified atom stereocenters. The average Bonchev–Trinajstić information content (AvgIpc) is 2.96. The van der Waals surface area contributed by atoms with Gasteiger partial charge in [0.1, 0.15) is 12.6 Å². The highest BCUT2D eigenvalue weighted by Gasteiger charge is 2.33. The van der Waals surface area contributed by atoms with E-state index in [9.17, 15) is 18.0 Å². The van der Waals surface area contributed by atoms with E-state index in [4.69, 9.17) is 0 Å². The standard InChI is InChI=1S/C30H35N3O4S/c1-24(30(35)31-26-16-8-3-9-17-26)32(22-25-14-6-2-7-15-25)29(34)23-33(27-18-10-4-11-19-27)38(36,37)28-20-12-5-13-21-28/h2,4-7,10-15,18-21,24,26H,3,8-9,16-17,22-23H2,1H3,(H,31,35). The number of benzene rings is 3. The van der Waals surface area contributed by atoms with Crippen LogP contribution in [0.25, 0.3) is 0 Å². The molecule has 0 radical (unpaired) electrons. The summed E-state index contributed by atoms with van der Waals surface area (Å²) in [5.41, 5.74) is 1.24. The second-order valence-corrected chi connectivity index (χ2v) is 11.5. The van der Waals surface area contributed by atoms with Crippen molar-refractivity contribution < 1.29 is 18.0 Å². The van der Waals surface area contributed by atoms with Crippen molar-refractivity contribution >= 4 is 27.5 Å². The summed E-state index contributed by atoms with van der Waals surface area (Å²) < 4.78 is 28.5. The fourth-order valence-corrected chi connectivity index (χ4v) is 6.21. The van der Waals surface area contributed by atoms with Crippen molar-refractivity contribution in [3.05, 3.63) is 96.6 Å². The molecule has 1 N–H and O–H groups in total. The van der Waals surface area contributed by atoms with Gasteiger partial charge in [-0.2, -0.15) is 0 Å². The highest BCUT2D eigenvalue weighted by molar-refractivity contribution is 7.92. The molecule has 0 bridgehead atoms. The lowest BCUT2D eigenvalue weighted by atomic mass is 9.95. The van der Waals surface area contributed by atoms with Crippen molar-refractivity contribution in [1.29, 1.82) is 0 Å². The third-order valence-corrected chi connectivity index (χ3v) is 8.76. The molecule has 3 aromatic rings. The van der Waals surface area contributed by atoms with E-state index < -0.39 is 28.5 Å². The Balaban J connectivity index is 1.63. The first kappa shape index (κ1) is 27.4. The van der Waals surface area contributed by atoms with Gasteiger partial charge in [-0.15, -0.1) is 0 Å². The van der Waals surface area contributed by atoms with E-state index in [0.29, 0.717) is 5.69 Å². The van der Waals surface area contributed by atoms with E-state index in [1.165, 1.54) is 23.5 Å². The van der Waals surface area contributed by atoms with Gasteiger partial charge in [0.05, 0.1) is 10.6 Å². The van der Waals surface area contributed by atoms with Gasteiger partial charge in [-0.3, -0.25) is 13.9 Å². The predicted molar refractivity (Wildman–Crippen MR) is 149 cm³/mol. The van der Waals surface area contributed by atoms with Crippen LogP contribution < -0.4 is 9.62 Å². The molecule has 7 nitrogen and oxygen atoms in total. The first-order valence-electron chi connectivity index (χ1n) is 13.1. The summed E-state index contributed by atoms with van der Waals surface area (Å²) in [6, 6.07) is 25.4. The van der Waals surface area contributed by atoms with Gasteiger partial charge in [0.2, 0.25) is 11.8 Å². The van der Waals surface area contributed by atoms with Crippen molar-refractivity contribution in [2.75, 3.05) is 10.8 Å². The molecule has 1 fully saturated rings. The first-order chi connectivity index (χ1) is 18.4. The zero-order valence-electron chi connectivity index (χ0n) is 21.7. The van der Waals surface area contributed by atoms with Crippen LogP contribution in [0.4, 0.5) is 5.69 Å². The second kappa shape index (κ2) is 12.7. The summed E-state index contributed by atoms with van der Waals surface area (Å²) in [5.74, 6) is -0.679. The molecule has 0 aromatic heterocycles. The Labute approximate surface area is 225 Å². The zero-order chi connectivity index (χ0) is 27.0. The number of carbonyl (C=O) groups is 2. The normalized spacial score (nSPS) is 14.9. The van der Waals surface area contributed by atoms with Crippen LogP contribution in [-0.4, -0.2) is 43.8 Å².